The van der Waals surface area contributed by atoms with Crippen LogP contribution in [0.15, 0.2) is 24.4 Å². The lowest BCUT2D eigenvalue weighted by Gasteiger charge is -2.40. The third-order valence-corrected chi connectivity index (χ3v) is 7.30. The molecule has 0 aliphatic carbocycles. The average molecular weight is 528 g/mol. The zero-order valence-corrected chi connectivity index (χ0v) is 22.3. The van der Waals surface area contributed by atoms with E-state index in [4.69, 9.17) is 11.6 Å². The van der Waals surface area contributed by atoms with Crippen LogP contribution in [-0.2, 0) is 6.54 Å². The standard InChI is InChI=1S/C27H35ClFN7O/c1-19(2)17-36(26-23(28)16-31-25(15-30)32-26)33-27(37)20-6-7-24(29)21(14-20)18-34-12-8-22(9-13-34)35-10-4-3-5-11-35/h6-7,14,16,19,22H,3-5,8-13,17-18H2,1-2H3,(H,33,37). The molecule has 4 rings (SSSR count). The van der Waals surface area contributed by atoms with Gasteiger partial charge >= 0.3 is 0 Å². The van der Waals surface area contributed by atoms with E-state index in [1.54, 1.807) is 6.07 Å². The van der Waals surface area contributed by atoms with Crippen LogP contribution in [-0.4, -0.2) is 64.4 Å². The number of carbonyl (C=O) groups is 1. The number of hydrogen-bond donors (Lipinski definition) is 1. The number of aromatic nitrogens is 2. The summed E-state index contributed by atoms with van der Waals surface area (Å²) >= 11 is 6.29. The van der Waals surface area contributed by atoms with Crippen LogP contribution in [0.25, 0.3) is 0 Å². The minimum atomic E-state index is -0.404. The van der Waals surface area contributed by atoms with Gasteiger partial charge in [0.1, 0.15) is 16.9 Å². The van der Waals surface area contributed by atoms with Crippen molar-refractivity contribution in [1.82, 2.24) is 25.2 Å². The molecular weight excluding hydrogens is 493 g/mol. The van der Waals surface area contributed by atoms with Gasteiger partial charge in [-0.15, -0.1) is 0 Å². The second-order valence-electron chi connectivity index (χ2n) is 10.3. The maximum Gasteiger partial charge on any atom is 0.269 e. The average Bonchev–Trinajstić information content (AvgIpc) is 2.90. The summed E-state index contributed by atoms with van der Waals surface area (Å²) in [6.45, 7) is 9.10. The maximum absolute atomic E-state index is 14.7. The summed E-state index contributed by atoms with van der Waals surface area (Å²) in [5.74, 6) is -0.358. The predicted molar refractivity (Wildman–Crippen MR) is 142 cm³/mol. The largest absolute Gasteiger partial charge is 0.300 e. The highest BCUT2D eigenvalue weighted by molar-refractivity contribution is 6.32. The first-order chi connectivity index (χ1) is 17.8. The molecule has 1 aromatic carbocycles. The summed E-state index contributed by atoms with van der Waals surface area (Å²) < 4.78 is 14.7. The van der Waals surface area contributed by atoms with Crippen LogP contribution in [0.3, 0.4) is 0 Å². The van der Waals surface area contributed by atoms with Gasteiger partial charge in [0.05, 0.1) is 6.20 Å². The summed E-state index contributed by atoms with van der Waals surface area (Å²) in [6, 6.07) is 6.97. The van der Waals surface area contributed by atoms with Crippen LogP contribution in [0.5, 0.6) is 0 Å². The van der Waals surface area contributed by atoms with Crippen molar-refractivity contribution in [2.75, 3.05) is 37.7 Å². The fourth-order valence-corrected chi connectivity index (χ4v) is 5.34. The molecule has 0 spiro atoms. The Hall–Kier alpha value is -2.80. The summed E-state index contributed by atoms with van der Waals surface area (Å²) in [5, 5.41) is 10.9. The molecule has 10 heteroatoms. The molecule has 0 radical (unpaired) electrons. The van der Waals surface area contributed by atoms with Crippen molar-refractivity contribution in [1.29, 1.82) is 5.26 Å². The number of rotatable bonds is 8. The Morgan fingerprint density at radius 2 is 1.97 bits per heavy atom. The number of piperidine rings is 2. The van der Waals surface area contributed by atoms with E-state index in [-0.39, 0.29) is 28.4 Å². The van der Waals surface area contributed by atoms with Gasteiger partial charge in [0.2, 0.25) is 5.82 Å². The van der Waals surface area contributed by atoms with Crippen LogP contribution in [0.2, 0.25) is 5.02 Å². The maximum atomic E-state index is 14.7. The first kappa shape index (κ1) is 27.2. The van der Waals surface area contributed by atoms with Crippen molar-refractivity contribution in [2.24, 2.45) is 5.92 Å². The van der Waals surface area contributed by atoms with Gasteiger partial charge in [0.15, 0.2) is 5.82 Å². The number of halogens is 2. The summed E-state index contributed by atoms with van der Waals surface area (Å²) in [7, 11) is 0. The van der Waals surface area contributed by atoms with Crippen molar-refractivity contribution in [3.05, 3.63) is 52.2 Å². The molecule has 0 atom stereocenters. The summed E-state index contributed by atoms with van der Waals surface area (Å²) in [6.07, 6.45) is 7.44. The first-order valence-corrected chi connectivity index (χ1v) is 13.5. The van der Waals surface area contributed by atoms with E-state index in [0.29, 0.717) is 30.3 Å². The van der Waals surface area contributed by atoms with Crippen molar-refractivity contribution in [3.63, 3.8) is 0 Å². The number of amides is 1. The van der Waals surface area contributed by atoms with Crippen LogP contribution in [0.4, 0.5) is 10.2 Å². The van der Waals surface area contributed by atoms with Gasteiger partial charge in [-0.2, -0.15) is 10.2 Å². The molecular formula is C27H35ClFN7O. The van der Waals surface area contributed by atoms with Gasteiger partial charge in [-0.1, -0.05) is 31.9 Å². The Bertz CT molecular complexity index is 1120. The molecule has 1 aromatic heterocycles. The highest BCUT2D eigenvalue weighted by Crippen LogP contribution is 2.24. The number of hydrogen-bond acceptors (Lipinski definition) is 7. The Morgan fingerprint density at radius 3 is 2.65 bits per heavy atom. The topological polar surface area (TPSA) is 88.4 Å². The number of nitriles is 1. The molecule has 0 saturated carbocycles. The van der Waals surface area contributed by atoms with Crippen molar-refractivity contribution < 1.29 is 9.18 Å². The Morgan fingerprint density at radius 1 is 1.24 bits per heavy atom. The number of hydrazine groups is 1. The Labute approximate surface area is 223 Å². The quantitative estimate of drug-likeness (QED) is 0.509. The van der Waals surface area contributed by atoms with E-state index in [1.807, 2.05) is 19.9 Å². The number of anilines is 1. The summed E-state index contributed by atoms with van der Waals surface area (Å²) in [4.78, 5) is 26.1. The lowest BCUT2D eigenvalue weighted by Crippen LogP contribution is -2.46. The number of benzene rings is 1. The van der Waals surface area contributed by atoms with Crippen LogP contribution in [0.1, 0.15) is 67.7 Å². The van der Waals surface area contributed by atoms with Gasteiger partial charge < -0.3 is 4.90 Å². The minimum Gasteiger partial charge on any atom is -0.300 e. The molecule has 198 valence electrons. The fourth-order valence-electron chi connectivity index (χ4n) is 5.14. The van der Waals surface area contributed by atoms with E-state index < -0.39 is 5.91 Å². The molecule has 2 aliphatic rings. The van der Waals surface area contributed by atoms with Crippen molar-refractivity contribution in [2.45, 2.75) is 58.5 Å². The van der Waals surface area contributed by atoms with Crippen LogP contribution in [0, 0.1) is 23.1 Å². The minimum absolute atomic E-state index is 0.0458. The molecule has 8 nitrogen and oxygen atoms in total. The lowest BCUT2D eigenvalue weighted by atomic mass is 9.99. The molecule has 1 N–H and O–H groups in total. The van der Waals surface area contributed by atoms with Crippen molar-refractivity contribution in [3.8, 4) is 6.07 Å². The zero-order chi connectivity index (χ0) is 26.4. The number of nitrogens with one attached hydrogen (secondary N) is 1. The molecule has 0 bridgehead atoms. The lowest BCUT2D eigenvalue weighted by molar-refractivity contribution is 0.0891. The summed E-state index contributed by atoms with van der Waals surface area (Å²) in [5.41, 5.74) is 3.69. The number of nitrogens with zero attached hydrogens (tertiary/aromatic N) is 6. The van der Waals surface area contributed by atoms with Crippen LogP contribution >= 0.6 is 11.6 Å². The van der Waals surface area contributed by atoms with Crippen LogP contribution < -0.4 is 10.4 Å². The third kappa shape index (κ3) is 7.16. The first-order valence-electron chi connectivity index (χ1n) is 13.1. The van der Waals surface area contributed by atoms with Gasteiger partial charge in [0, 0.05) is 30.3 Å². The molecule has 0 unspecified atom stereocenters. The second kappa shape index (κ2) is 12.6. The van der Waals surface area contributed by atoms with Gasteiger partial charge in [-0.3, -0.25) is 20.1 Å². The highest BCUT2D eigenvalue weighted by atomic mass is 35.5. The Kier molecular flexibility index (Phi) is 9.30. The molecule has 3 heterocycles. The third-order valence-electron chi connectivity index (χ3n) is 7.03. The molecule has 2 aliphatic heterocycles. The van der Waals surface area contributed by atoms with Gasteiger partial charge in [-0.25, -0.2) is 9.37 Å². The second-order valence-corrected chi connectivity index (χ2v) is 10.7. The van der Waals surface area contributed by atoms with Gasteiger partial charge in [-0.05, 0) is 76.0 Å². The van der Waals surface area contributed by atoms with E-state index in [2.05, 4.69) is 25.2 Å². The molecule has 37 heavy (non-hydrogen) atoms. The van der Waals surface area contributed by atoms with Gasteiger partial charge in [0.25, 0.3) is 5.91 Å². The SMILES string of the molecule is CC(C)CN(NC(=O)c1ccc(F)c(CN2CCC(N3CCCCC3)CC2)c1)c1nc(C#N)ncc1Cl. The fraction of sp³-hybridized carbons (Fsp3) is 0.556. The van der Waals surface area contributed by atoms with E-state index >= 15 is 0 Å². The smallest absolute Gasteiger partial charge is 0.269 e. The molecule has 2 fully saturated rings. The monoisotopic (exact) mass is 527 g/mol. The van der Waals surface area contributed by atoms with E-state index in [0.717, 1.165) is 25.9 Å². The molecule has 2 aromatic rings. The zero-order valence-electron chi connectivity index (χ0n) is 21.6. The van der Waals surface area contributed by atoms with E-state index in [1.165, 1.54) is 55.7 Å². The van der Waals surface area contributed by atoms with Crippen molar-refractivity contribution >= 4 is 23.3 Å². The Balaban J connectivity index is 1.43. The predicted octanol–water partition coefficient (Wildman–Crippen LogP) is 4.40. The molecule has 2 saturated heterocycles. The highest BCUT2D eigenvalue weighted by Gasteiger charge is 2.26. The van der Waals surface area contributed by atoms with E-state index in [9.17, 15) is 14.4 Å². The normalized spacial score (nSPS) is 17.5. The number of likely N-dealkylation sites (tertiary alicyclic amines) is 2. The number of carbonyl (C=O) groups excluding carboxylic acids is 1. The molecule has 1 amide bonds.